The van der Waals surface area contributed by atoms with Crippen LogP contribution in [0, 0.1) is 10.1 Å². The quantitative estimate of drug-likeness (QED) is 0.521. The molecule has 2 aromatic rings. The van der Waals surface area contributed by atoms with E-state index in [0.29, 0.717) is 18.5 Å². The van der Waals surface area contributed by atoms with Crippen molar-refractivity contribution in [2.24, 2.45) is 0 Å². The van der Waals surface area contributed by atoms with Crippen LogP contribution in [-0.2, 0) is 17.8 Å². The SMILES string of the molecule is CCC(CO)N(Cc1ccccc1Br)C(=O)Cc1ccccc1[N+](=O)[O-]. The summed E-state index contributed by atoms with van der Waals surface area (Å²) >= 11 is 3.47. The first kappa shape index (κ1) is 20.1. The van der Waals surface area contributed by atoms with Gasteiger partial charge in [-0.15, -0.1) is 0 Å². The van der Waals surface area contributed by atoms with Gasteiger partial charge in [-0.2, -0.15) is 0 Å². The highest BCUT2D eigenvalue weighted by atomic mass is 79.9. The summed E-state index contributed by atoms with van der Waals surface area (Å²) in [7, 11) is 0. The molecular formula is C19H21BrN2O4. The first-order valence-electron chi connectivity index (χ1n) is 8.34. The molecule has 6 nitrogen and oxygen atoms in total. The third-order valence-electron chi connectivity index (χ3n) is 4.27. The monoisotopic (exact) mass is 420 g/mol. The van der Waals surface area contributed by atoms with Crippen molar-refractivity contribution in [2.45, 2.75) is 32.4 Å². The van der Waals surface area contributed by atoms with Gasteiger partial charge in [-0.05, 0) is 18.1 Å². The van der Waals surface area contributed by atoms with Crippen LogP contribution in [0.25, 0.3) is 0 Å². The maximum absolute atomic E-state index is 12.9. The lowest BCUT2D eigenvalue weighted by molar-refractivity contribution is -0.385. The number of benzene rings is 2. The Morgan fingerprint density at radius 1 is 1.19 bits per heavy atom. The van der Waals surface area contributed by atoms with Crippen LogP contribution in [0.1, 0.15) is 24.5 Å². The third-order valence-corrected chi connectivity index (χ3v) is 5.05. The molecule has 1 unspecified atom stereocenters. The molecule has 2 aromatic carbocycles. The normalized spacial score (nSPS) is 11.8. The Kier molecular flexibility index (Phi) is 7.29. The second-order valence-electron chi connectivity index (χ2n) is 5.92. The number of carbonyl (C=O) groups excluding carboxylic acids is 1. The zero-order valence-corrected chi connectivity index (χ0v) is 16.1. The van der Waals surface area contributed by atoms with E-state index >= 15 is 0 Å². The van der Waals surface area contributed by atoms with Crippen molar-refractivity contribution in [1.29, 1.82) is 0 Å². The molecule has 138 valence electrons. The predicted octanol–water partition coefficient (Wildman–Crippen LogP) is 3.70. The smallest absolute Gasteiger partial charge is 0.273 e. The van der Waals surface area contributed by atoms with E-state index in [0.717, 1.165) is 10.0 Å². The van der Waals surface area contributed by atoms with Crippen molar-refractivity contribution in [3.8, 4) is 0 Å². The van der Waals surface area contributed by atoms with Crippen LogP contribution in [0.15, 0.2) is 53.0 Å². The van der Waals surface area contributed by atoms with Gasteiger partial charge in [0.25, 0.3) is 5.69 Å². The number of hydrogen-bond donors (Lipinski definition) is 1. The number of nitrogens with zero attached hydrogens (tertiary/aromatic N) is 2. The Labute approximate surface area is 160 Å². The summed E-state index contributed by atoms with van der Waals surface area (Å²) in [6.45, 7) is 2.05. The second-order valence-corrected chi connectivity index (χ2v) is 6.77. The number of para-hydroxylation sites is 1. The highest BCUT2D eigenvalue weighted by molar-refractivity contribution is 9.10. The zero-order valence-electron chi connectivity index (χ0n) is 14.5. The summed E-state index contributed by atoms with van der Waals surface area (Å²) in [6.07, 6.45) is 0.502. The van der Waals surface area contributed by atoms with Crippen molar-refractivity contribution < 1.29 is 14.8 Å². The van der Waals surface area contributed by atoms with E-state index < -0.39 is 4.92 Å². The van der Waals surface area contributed by atoms with Crippen LogP contribution in [0.4, 0.5) is 5.69 Å². The molecule has 1 N–H and O–H groups in total. The van der Waals surface area contributed by atoms with Crippen LogP contribution in [0.5, 0.6) is 0 Å². The average Bonchev–Trinajstić information content (AvgIpc) is 2.63. The summed E-state index contributed by atoms with van der Waals surface area (Å²) in [6, 6.07) is 13.4. The molecule has 0 spiro atoms. The lowest BCUT2D eigenvalue weighted by Gasteiger charge is -2.30. The van der Waals surface area contributed by atoms with Gasteiger partial charge in [0.2, 0.25) is 5.91 Å². The summed E-state index contributed by atoms with van der Waals surface area (Å²) in [5.74, 6) is -0.254. The van der Waals surface area contributed by atoms with Gasteiger partial charge < -0.3 is 10.0 Å². The molecule has 0 aliphatic heterocycles. The molecule has 26 heavy (non-hydrogen) atoms. The van der Waals surface area contributed by atoms with Gasteiger partial charge in [-0.1, -0.05) is 59.3 Å². The standard InChI is InChI=1S/C19H21BrN2O4/c1-2-16(13-23)21(12-15-8-3-5-9-17(15)20)19(24)11-14-7-4-6-10-18(14)22(25)26/h3-10,16,23H,2,11-13H2,1H3. The number of amides is 1. The maximum Gasteiger partial charge on any atom is 0.273 e. The lowest BCUT2D eigenvalue weighted by atomic mass is 10.1. The Morgan fingerprint density at radius 3 is 2.38 bits per heavy atom. The van der Waals surface area contributed by atoms with Gasteiger partial charge in [0, 0.05) is 22.6 Å². The molecule has 0 aliphatic rings. The molecule has 1 atom stereocenters. The summed E-state index contributed by atoms with van der Waals surface area (Å²) in [4.78, 5) is 25.2. The van der Waals surface area contributed by atoms with Crippen molar-refractivity contribution in [2.75, 3.05) is 6.61 Å². The molecular weight excluding hydrogens is 400 g/mol. The molecule has 0 aromatic heterocycles. The number of nitro groups is 1. The van der Waals surface area contributed by atoms with Crippen molar-refractivity contribution >= 4 is 27.5 Å². The van der Waals surface area contributed by atoms with E-state index in [1.807, 2.05) is 31.2 Å². The minimum Gasteiger partial charge on any atom is -0.394 e. The molecule has 7 heteroatoms. The highest BCUT2D eigenvalue weighted by Gasteiger charge is 2.25. The number of aliphatic hydroxyl groups is 1. The zero-order chi connectivity index (χ0) is 19.1. The number of halogens is 1. The number of nitro benzene ring substituents is 1. The summed E-state index contributed by atoms with van der Waals surface area (Å²) in [5, 5.41) is 20.9. The van der Waals surface area contributed by atoms with Gasteiger partial charge in [-0.25, -0.2) is 0 Å². The number of rotatable bonds is 8. The van der Waals surface area contributed by atoms with Crippen LogP contribution in [0.2, 0.25) is 0 Å². The number of carbonyl (C=O) groups is 1. The second kappa shape index (κ2) is 9.45. The van der Waals surface area contributed by atoms with Crippen LogP contribution < -0.4 is 0 Å². The van der Waals surface area contributed by atoms with Crippen molar-refractivity contribution in [3.05, 3.63) is 74.2 Å². The Morgan fingerprint density at radius 2 is 1.81 bits per heavy atom. The van der Waals surface area contributed by atoms with Crippen LogP contribution >= 0.6 is 15.9 Å². The maximum atomic E-state index is 12.9. The molecule has 0 radical (unpaired) electrons. The largest absolute Gasteiger partial charge is 0.394 e. The first-order valence-corrected chi connectivity index (χ1v) is 9.13. The first-order chi connectivity index (χ1) is 12.5. The summed E-state index contributed by atoms with van der Waals surface area (Å²) in [5.41, 5.74) is 1.21. The fraction of sp³-hybridized carbons (Fsp3) is 0.316. The van der Waals surface area contributed by atoms with Gasteiger partial charge in [0.1, 0.15) is 0 Å². The number of aliphatic hydroxyl groups excluding tert-OH is 1. The van der Waals surface area contributed by atoms with E-state index in [4.69, 9.17) is 0 Å². The molecule has 2 rings (SSSR count). The van der Waals surface area contributed by atoms with E-state index in [1.54, 1.807) is 23.1 Å². The highest BCUT2D eigenvalue weighted by Crippen LogP contribution is 2.23. The average molecular weight is 421 g/mol. The van der Waals surface area contributed by atoms with E-state index in [-0.39, 0.29) is 30.7 Å². The Balaban J connectivity index is 2.29. The van der Waals surface area contributed by atoms with Gasteiger partial charge in [-0.3, -0.25) is 14.9 Å². The minimum atomic E-state index is -0.482. The van der Waals surface area contributed by atoms with Gasteiger partial charge in [0.05, 0.1) is 24.0 Å². The molecule has 0 aliphatic carbocycles. The Bertz CT molecular complexity index is 778. The molecule has 0 heterocycles. The molecule has 0 saturated carbocycles. The van der Waals surface area contributed by atoms with Crippen LogP contribution in [-0.4, -0.2) is 33.5 Å². The minimum absolute atomic E-state index is 0.0706. The Hall–Kier alpha value is -2.25. The molecule has 0 bridgehead atoms. The molecule has 1 amide bonds. The topological polar surface area (TPSA) is 83.7 Å². The number of hydrogen-bond acceptors (Lipinski definition) is 4. The fourth-order valence-corrected chi connectivity index (χ4v) is 3.19. The fourth-order valence-electron chi connectivity index (χ4n) is 2.78. The lowest BCUT2D eigenvalue weighted by Crippen LogP contribution is -2.42. The van der Waals surface area contributed by atoms with E-state index in [2.05, 4.69) is 15.9 Å². The predicted molar refractivity (Wildman–Crippen MR) is 103 cm³/mol. The van der Waals surface area contributed by atoms with Gasteiger partial charge >= 0.3 is 0 Å². The summed E-state index contributed by atoms with van der Waals surface area (Å²) < 4.78 is 0.872. The third kappa shape index (κ3) is 4.89. The van der Waals surface area contributed by atoms with E-state index in [1.165, 1.54) is 6.07 Å². The molecule has 0 fully saturated rings. The van der Waals surface area contributed by atoms with Crippen LogP contribution in [0.3, 0.4) is 0 Å². The van der Waals surface area contributed by atoms with Gasteiger partial charge in [0.15, 0.2) is 0 Å². The molecule has 0 saturated heterocycles. The van der Waals surface area contributed by atoms with Crippen molar-refractivity contribution in [3.63, 3.8) is 0 Å². The van der Waals surface area contributed by atoms with Crippen molar-refractivity contribution in [1.82, 2.24) is 4.90 Å². The van der Waals surface area contributed by atoms with E-state index in [9.17, 15) is 20.0 Å².